The number of aromatic nitrogens is 2. The first kappa shape index (κ1) is 13.8. The van der Waals surface area contributed by atoms with Gasteiger partial charge in [-0.25, -0.2) is 4.98 Å². The minimum atomic E-state index is 0.602. The summed E-state index contributed by atoms with van der Waals surface area (Å²) in [6.07, 6.45) is 1.07. The Balaban J connectivity index is 2.20. The third-order valence-corrected chi connectivity index (χ3v) is 3.22. The highest BCUT2D eigenvalue weighted by Crippen LogP contribution is 2.24. The van der Waals surface area contributed by atoms with Gasteiger partial charge in [-0.05, 0) is 41.4 Å². The number of nitrogens with zero attached hydrogens (tertiary/aromatic N) is 2. The summed E-state index contributed by atoms with van der Waals surface area (Å²) in [5.74, 6) is 1.45. The van der Waals surface area contributed by atoms with Crippen molar-refractivity contribution < 1.29 is 0 Å². The lowest BCUT2D eigenvalue weighted by Crippen LogP contribution is -2.06. The maximum absolute atomic E-state index is 4.45. The predicted molar refractivity (Wildman–Crippen MR) is 83.0 cm³/mol. The van der Waals surface area contributed by atoms with E-state index >= 15 is 0 Å². The molecule has 1 aromatic heterocycles. The van der Waals surface area contributed by atoms with Gasteiger partial charge in [-0.1, -0.05) is 19.1 Å². The van der Waals surface area contributed by atoms with E-state index < -0.39 is 0 Å². The molecule has 0 saturated heterocycles. The van der Waals surface area contributed by atoms with Crippen LogP contribution in [0.15, 0.2) is 34.8 Å². The molecule has 0 radical (unpaired) electrons. The molecule has 0 aliphatic rings. The van der Waals surface area contributed by atoms with Crippen molar-refractivity contribution in [3.05, 3.63) is 40.5 Å². The van der Waals surface area contributed by atoms with Gasteiger partial charge in [-0.15, -0.1) is 0 Å². The Morgan fingerprint density at radius 1 is 1.21 bits per heavy atom. The minimum Gasteiger partial charge on any atom is -0.370 e. The molecule has 0 atom stereocenters. The highest BCUT2D eigenvalue weighted by Gasteiger charge is 2.04. The summed E-state index contributed by atoms with van der Waals surface area (Å²) in [6, 6.07) is 9.85. The van der Waals surface area contributed by atoms with Gasteiger partial charge in [0.15, 0.2) is 0 Å². The lowest BCUT2D eigenvalue weighted by atomic mass is 10.3. The number of para-hydroxylation sites is 1. The van der Waals surface area contributed by atoms with Crippen LogP contribution in [-0.2, 0) is 0 Å². The molecule has 4 nitrogen and oxygen atoms in total. The van der Waals surface area contributed by atoms with Crippen LogP contribution in [0.5, 0.6) is 0 Å². The summed E-state index contributed by atoms with van der Waals surface area (Å²) < 4.78 is 0.989. The molecule has 2 rings (SSSR count). The fourth-order valence-corrected chi connectivity index (χ4v) is 2.04. The molecule has 0 unspecified atom stereocenters. The van der Waals surface area contributed by atoms with Gasteiger partial charge in [0, 0.05) is 22.8 Å². The second-order valence-electron chi connectivity index (χ2n) is 4.25. The van der Waals surface area contributed by atoms with Gasteiger partial charge >= 0.3 is 0 Å². The lowest BCUT2D eigenvalue weighted by Gasteiger charge is -2.10. The fraction of sp³-hybridized carbons (Fsp3) is 0.286. The molecule has 5 heteroatoms. The van der Waals surface area contributed by atoms with Gasteiger partial charge in [-0.3, -0.25) is 0 Å². The molecule has 0 aliphatic heterocycles. The van der Waals surface area contributed by atoms with Crippen LogP contribution in [0.25, 0.3) is 0 Å². The molecule has 0 amide bonds. The smallest absolute Gasteiger partial charge is 0.229 e. The van der Waals surface area contributed by atoms with E-state index in [4.69, 9.17) is 0 Å². The summed E-state index contributed by atoms with van der Waals surface area (Å²) in [5.41, 5.74) is 1.89. The van der Waals surface area contributed by atoms with Crippen LogP contribution >= 0.6 is 15.9 Å². The van der Waals surface area contributed by atoms with Crippen LogP contribution in [0.4, 0.5) is 17.5 Å². The first-order valence-electron chi connectivity index (χ1n) is 6.30. The van der Waals surface area contributed by atoms with Gasteiger partial charge in [-0.2, -0.15) is 4.98 Å². The number of hydrogen-bond acceptors (Lipinski definition) is 4. The normalized spacial score (nSPS) is 10.3. The molecule has 19 heavy (non-hydrogen) atoms. The van der Waals surface area contributed by atoms with Crippen molar-refractivity contribution in [2.45, 2.75) is 20.3 Å². The average Bonchev–Trinajstić information content (AvgIpc) is 2.38. The van der Waals surface area contributed by atoms with E-state index in [-0.39, 0.29) is 0 Å². The Hall–Kier alpha value is -1.62. The molecule has 2 aromatic rings. The van der Waals surface area contributed by atoms with E-state index in [9.17, 15) is 0 Å². The maximum atomic E-state index is 4.45. The summed E-state index contributed by atoms with van der Waals surface area (Å²) in [5, 5.41) is 6.49. The molecule has 0 bridgehead atoms. The topological polar surface area (TPSA) is 49.8 Å². The van der Waals surface area contributed by atoms with Crippen molar-refractivity contribution >= 4 is 33.4 Å². The zero-order valence-electron chi connectivity index (χ0n) is 11.1. The van der Waals surface area contributed by atoms with Gasteiger partial charge in [0.1, 0.15) is 5.82 Å². The second kappa shape index (κ2) is 6.52. The number of halogens is 1. The Morgan fingerprint density at radius 2 is 2.00 bits per heavy atom. The number of benzene rings is 1. The average molecular weight is 321 g/mol. The number of aryl methyl sites for hydroxylation is 1. The highest BCUT2D eigenvalue weighted by atomic mass is 79.9. The van der Waals surface area contributed by atoms with Crippen molar-refractivity contribution in [1.82, 2.24) is 9.97 Å². The van der Waals surface area contributed by atoms with Crippen LogP contribution in [0.2, 0.25) is 0 Å². The van der Waals surface area contributed by atoms with Crippen LogP contribution in [-0.4, -0.2) is 16.5 Å². The largest absolute Gasteiger partial charge is 0.370 e. The van der Waals surface area contributed by atoms with Crippen LogP contribution in [0.1, 0.15) is 19.0 Å². The predicted octanol–water partition coefficient (Wildman–Crippen LogP) is 4.11. The van der Waals surface area contributed by atoms with Crippen LogP contribution < -0.4 is 10.6 Å². The highest BCUT2D eigenvalue weighted by molar-refractivity contribution is 9.10. The molecule has 1 heterocycles. The lowest BCUT2D eigenvalue weighted by molar-refractivity contribution is 0.962. The summed E-state index contributed by atoms with van der Waals surface area (Å²) in [6.45, 7) is 5.00. The van der Waals surface area contributed by atoms with Crippen molar-refractivity contribution in [1.29, 1.82) is 0 Å². The molecule has 0 aliphatic carbocycles. The monoisotopic (exact) mass is 320 g/mol. The Morgan fingerprint density at radius 3 is 2.74 bits per heavy atom. The third kappa shape index (κ3) is 3.92. The Kier molecular flexibility index (Phi) is 4.74. The van der Waals surface area contributed by atoms with E-state index in [0.717, 1.165) is 34.6 Å². The van der Waals surface area contributed by atoms with E-state index in [1.165, 1.54) is 0 Å². The van der Waals surface area contributed by atoms with E-state index in [1.54, 1.807) is 0 Å². The van der Waals surface area contributed by atoms with Crippen molar-refractivity contribution in [2.75, 3.05) is 17.2 Å². The Labute approximate surface area is 121 Å². The number of nitrogens with one attached hydrogen (secondary N) is 2. The molecular weight excluding hydrogens is 304 g/mol. The summed E-state index contributed by atoms with van der Waals surface area (Å²) in [7, 11) is 0. The molecular formula is C14H17BrN4. The van der Waals surface area contributed by atoms with Crippen molar-refractivity contribution in [2.24, 2.45) is 0 Å². The molecule has 0 spiro atoms. The quantitative estimate of drug-likeness (QED) is 0.870. The van der Waals surface area contributed by atoms with Crippen molar-refractivity contribution in [3.8, 4) is 0 Å². The fourth-order valence-electron chi connectivity index (χ4n) is 1.65. The first-order chi connectivity index (χ1) is 9.19. The first-order valence-corrected chi connectivity index (χ1v) is 7.09. The van der Waals surface area contributed by atoms with Gasteiger partial charge in [0.05, 0.1) is 5.69 Å². The van der Waals surface area contributed by atoms with E-state index in [2.05, 4.69) is 43.5 Å². The number of hydrogen-bond donors (Lipinski definition) is 2. The van der Waals surface area contributed by atoms with Gasteiger partial charge < -0.3 is 10.6 Å². The van der Waals surface area contributed by atoms with E-state index in [0.29, 0.717) is 5.95 Å². The summed E-state index contributed by atoms with van der Waals surface area (Å²) in [4.78, 5) is 8.85. The zero-order valence-corrected chi connectivity index (χ0v) is 12.7. The standard InChI is InChI=1S/C14H17BrN4/c1-3-8-16-13-9-10(2)17-14(19-13)18-12-7-5-4-6-11(12)15/h4-7,9H,3,8H2,1-2H3,(H2,16,17,18,19). The number of rotatable bonds is 5. The molecule has 0 saturated carbocycles. The third-order valence-electron chi connectivity index (χ3n) is 2.53. The maximum Gasteiger partial charge on any atom is 0.229 e. The SMILES string of the molecule is CCCNc1cc(C)nc(Nc2ccccc2Br)n1. The molecule has 1 aromatic carbocycles. The molecule has 2 N–H and O–H groups in total. The molecule has 0 fully saturated rings. The Bertz CT molecular complexity index is 557. The van der Waals surface area contributed by atoms with Crippen molar-refractivity contribution in [3.63, 3.8) is 0 Å². The second-order valence-corrected chi connectivity index (χ2v) is 5.10. The molecule has 100 valence electrons. The van der Waals surface area contributed by atoms with Crippen LogP contribution in [0.3, 0.4) is 0 Å². The van der Waals surface area contributed by atoms with Gasteiger partial charge in [0.2, 0.25) is 5.95 Å². The van der Waals surface area contributed by atoms with Gasteiger partial charge in [0.25, 0.3) is 0 Å². The van der Waals surface area contributed by atoms with E-state index in [1.807, 2.05) is 37.3 Å². The minimum absolute atomic E-state index is 0.602. The number of anilines is 3. The summed E-state index contributed by atoms with van der Waals surface area (Å²) >= 11 is 3.50. The van der Waals surface area contributed by atoms with Crippen LogP contribution in [0, 0.1) is 6.92 Å². The zero-order chi connectivity index (χ0) is 13.7.